The highest BCUT2D eigenvalue weighted by molar-refractivity contribution is 5.73. The molecule has 5 N–H and O–H groups in total. The smallest absolute Gasteiger partial charge is 0.249 e. The van der Waals surface area contributed by atoms with Crippen LogP contribution in [-0.4, -0.2) is 54.6 Å². The number of aliphatic hydroxyl groups excluding tert-OH is 2. The number of aliphatic hydroxyl groups is 2. The summed E-state index contributed by atoms with van der Waals surface area (Å²) in [6, 6.07) is 9.38. The topological polar surface area (TPSA) is 132 Å². The van der Waals surface area contributed by atoms with Crippen LogP contribution in [0.25, 0.3) is 11.4 Å². The number of anilines is 3. The van der Waals surface area contributed by atoms with Crippen molar-refractivity contribution in [2.24, 2.45) is 0 Å². The zero-order valence-corrected chi connectivity index (χ0v) is 14.6. The van der Waals surface area contributed by atoms with Crippen molar-refractivity contribution in [2.45, 2.75) is 20.0 Å². The van der Waals surface area contributed by atoms with Crippen molar-refractivity contribution < 1.29 is 10.2 Å². The van der Waals surface area contributed by atoms with Gasteiger partial charge in [0, 0.05) is 29.2 Å². The number of aromatic amines is 1. The molecule has 0 bridgehead atoms. The Morgan fingerprint density at radius 1 is 1.08 bits per heavy atom. The predicted octanol–water partition coefficient (Wildman–Crippen LogP) is 1.39. The maximum Gasteiger partial charge on any atom is 0.249 e. The zero-order valence-electron chi connectivity index (χ0n) is 14.6. The van der Waals surface area contributed by atoms with E-state index in [0.29, 0.717) is 17.7 Å². The van der Waals surface area contributed by atoms with Crippen LogP contribution in [0, 0.1) is 13.8 Å². The number of hydrogen-bond donors (Lipinski definition) is 5. The molecule has 3 rings (SSSR count). The van der Waals surface area contributed by atoms with E-state index in [0.717, 1.165) is 22.6 Å². The van der Waals surface area contributed by atoms with Gasteiger partial charge in [-0.1, -0.05) is 12.1 Å². The lowest BCUT2D eigenvalue weighted by atomic mass is 10.1. The first kappa shape index (κ1) is 17.8. The molecule has 0 aliphatic carbocycles. The normalized spacial score (nSPS) is 12.0. The lowest BCUT2D eigenvalue weighted by Crippen LogP contribution is -2.23. The molecule has 2 heterocycles. The molecular weight excluding hydrogens is 334 g/mol. The van der Waals surface area contributed by atoms with E-state index in [1.807, 2.05) is 44.2 Å². The molecule has 9 heteroatoms. The fourth-order valence-electron chi connectivity index (χ4n) is 2.46. The molecule has 0 radical (unpaired) electrons. The molecule has 2 aromatic heterocycles. The van der Waals surface area contributed by atoms with Gasteiger partial charge in [-0.05, 0) is 32.0 Å². The average molecular weight is 355 g/mol. The number of para-hydroxylation sites is 1. The second-order valence-corrected chi connectivity index (χ2v) is 5.87. The molecule has 1 aromatic carbocycles. The Morgan fingerprint density at radius 2 is 1.81 bits per heavy atom. The van der Waals surface area contributed by atoms with Crippen molar-refractivity contribution in [3.05, 3.63) is 41.7 Å². The molecule has 0 saturated heterocycles. The van der Waals surface area contributed by atoms with Gasteiger partial charge in [0.05, 0.1) is 12.7 Å². The minimum Gasteiger partial charge on any atom is -0.394 e. The van der Waals surface area contributed by atoms with Crippen LogP contribution in [0.4, 0.5) is 17.6 Å². The highest BCUT2D eigenvalue weighted by Gasteiger charge is 2.12. The maximum absolute atomic E-state index is 9.52. The Morgan fingerprint density at radius 3 is 2.54 bits per heavy atom. The molecule has 0 aliphatic heterocycles. The van der Waals surface area contributed by atoms with Crippen molar-refractivity contribution >= 4 is 17.6 Å². The van der Waals surface area contributed by atoms with Gasteiger partial charge < -0.3 is 15.5 Å². The Balaban J connectivity index is 1.79. The van der Waals surface area contributed by atoms with E-state index in [4.69, 9.17) is 5.11 Å². The van der Waals surface area contributed by atoms with Crippen LogP contribution in [0.15, 0.2) is 30.3 Å². The van der Waals surface area contributed by atoms with Crippen molar-refractivity contribution in [3.63, 3.8) is 0 Å². The van der Waals surface area contributed by atoms with Gasteiger partial charge in [-0.3, -0.25) is 10.4 Å². The standard InChI is InChI=1S/C17H21N7O2/c1-10-7-11(2)20-16(19-10)22-17-21-15(23-24-17)13-5-3-4-6-14(13)18-8-12(26)9-25/h3-7,12,18,25-26H,8-9H2,1-2H3,(H2,19,20,21,22,23,24). The lowest BCUT2D eigenvalue weighted by molar-refractivity contribution is 0.105. The maximum atomic E-state index is 9.52. The number of benzene rings is 1. The van der Waals surface area contributed by atoms with Gasteiger partial charge in [-0.25, -0.2) is 9.97 Å². The SMILES string of the molecule is Cc1cc(C)nc(Nc2n[nH]c(-c3ccccc3NCC(O)CO)n2)n1. The quantitative estimate of drug-likeness (QED) is 0.429. The summed E-state index contributed by atoms with van der Waals surface area (Å²) in [5, 5.41) is 31.6. The van der Waals surface area contributed by atoms with Crippen LogP contribution in [0.2, 0.25) is 0 Å². The Bertz CT molecular complexity index is 861. The Kier molecular flexibility index (Phi) is 5.40. The lowest BCUT2D eigenvalue weighted by Gasteiger charge is -2.12. The minimum absolute atomic E-state index is 0.225. The highest BCUT2D eigenvalue weighted by atomic mass is 16.3. The monoisotopic (exact) mass is 355 g/mol. The zero-order chi connectivity index (χ0) is 18.5. The van der Waals surface area contributed by atoms with Crippen molar-refractivity contribution in [2.75, 3.05) is 23.8 Å². The van der Waals surface area contributed by atoms with Crippen LogP contribution in [0.1, 0.15) is 11.4 Å². The molecule has 0 spiro atoms. The Labute approximate surface area is 150 Å². The number of rotatable bonds is 7. The summed E-state index contributed by atoms with van der Waals surface area (Å²) in [5.41, 5.74) is 3.27. The first-order valence-electron chi connectivity index (χ1n) is 8.19. The van der Waals surface area contributed by atoms with Crippen molar-refractivity contribution in [1.29, 1.82) is 0 Å². The van der Waals surface area contributed by atoms with E-state index in [2.05, 4.69) is 35.8 Å². The van der Waals surface area contributed by atoms with Gasteiger partial charge >= 0.3 is 0 Å². The first-order valence-corrected chi connectivity index (χ1v) is 8.19. The summed E-state index contributed by atoms with van der Waals surface area (Å²) in [7, 11) is 0. The number of nitrogens with zero attached hydrogens (tertiary/aromatic N) is 4. The summed E-state index contributed by atoms with van der Waals surface area (Å²) < 4.78 is 0. The number of aromatic nitrogens is 5. The van der Waals surface area contributed by atoms with Gasteiger partial charge in [0.15, 0.2) is 5.82 Å². The summed E-state index contributed by atoms with van der Waals surface area (Å²) >= 11 is 0. The van der Waals surface area contributed by atoms with E-state index in [1.54, 1.807) is 0 Å². The fourth-order valence-corrected chi connectivity index (χ4v) is 2.46. The van der Waals surface area contributed by atoms with Gasteiger partial charge in [0.1, 0.15) is 0 Å². The van der Waals surface area contributed by atoms with Crippen LogP contribution in [-0.2, 0) is 0 Å². The molecule has 1 atom stereocenters. The summed E-state index contributed by atoms with van der Waals surface area (Å²) in [5.74, 6) is 1.35. The molecule has 136 valence electrons. The molecule has 26 heavy (non-hydrogen) atoms. The van der Waals surface area contributed by atoms with E-state index >= 15 is 0 Å². The van der Waals surface area contributed by atoms with Gasteiger partial charge in [-0.2, -0.15) is 4.98 Å². The molecular formula is C17H21N7O2. The van der Waals surface area contributed by atoms with Crippen molar-refractivity contribution in [3.8, 4) is 11.4 Å². The van der Waals surface area contributed by atoms with Crippen LogP contribution >= 0.6 is 0 Å². The number of nitrogens with one attached hydrogen (secondary N) is 3. The van der Waals surface area contributed by atoms with E-state index in [1.165, 1.54) is 0 Å². The van der Waals surface area contributed by atoms with Gasteiger partial charge in [-0.15, -0.1) is 5.10 Å². The molecule has 0 saturated carbocycles. The van der Waals surface area contributed by atoms with E-state index < -0.39 is 6.10 Å². The summed E-state index contributed by atoms with van der Waals surface area (Å²) in [6.45, 7) is 3.71. The van der Waals surface area contributed by atoms with E-state index in [-0.39, 0.29) is 13.2 Å². The number of H-pyrrole nitrogens is 1. The molecule has 1 unspecified atom stereocenters. The predicted molar refractivity (Wildman–Crippen MR) is 98.2 cm³/mol. The second-order valence-electron chi connectivity index (χ2n) is 5.87. The minimum atomic E-state index is -0.836. The second kappa shape index (κ2) is 7.89. The number of aryl methyl sites for hydroxylation is 2. The van der Waals surface area contributed by atoms with E-state index in [9.17, 15) is 5.11 Å². The summed E-state index contributed by atoms with van der Waals surface area (Å²) in [6.07, 6.45) is -0.836. The molecule has 0 fully saturated rings. The third kappa shape index (κ3) is 4.32. The number of hydrogen-bond acceptors (Lipinski definition) is 8. The first-order chi connectivity index (χ1) is 12.5. The Hall–Kier alpha value is -3.04. The average Bonchev–Trinajstić information content (AvgIpc) is 3.07. The van der Waals surface area contributed by atoms with Gasteiger partial charge in [0.25, 0.3) is 0 Å². The molecule has 9 nitrogen and oxygen atoms in total. The molecule has 0 aliphatic rings. The largest absolute Gasteiger partial charge is 0.394 e. The highest BCUT2D eigenvalue weighted by Crippen LogP contribution is 2.25. The molecule has 0 amide bonds. The fraction of sp³-hybridized carbons (Fsp3) is 0.294. The van der Waals surface area contributed by atoms with Crippen LogP contribution in [0.3, 0.4) is 0 Å². The van der Waals surface area contributed by atoms with Crippen LogP contribution < -0.4 is 10.6 Å². The third-order valence-electron chi connectivity index (χ3n) is 3.61. The molecule has 3 aromatic rings. The van der Waals surface area contributed by atoms with Crippen LogP contribution in [0.5, 0.6) is 0 Å². The van der Waals surface area contributed by atoms with Gasteiger partial charge in [0.2, 0.25) is 11.9 Å². The summed E-state index contributed by atoms with van der Waals surface area (Å²) in [4.78, 5) is 13.0. The van der Waals surface area contributed by atoms with Crippen molar-refractivity contribution in [1.82, 2.24) is 25.1 Å². The third-order valence-corrected chi connectivity index (χ3v) is 3.61.